The Bertz CT molecular complexity index is 1590. The Labute approximate surface area is 256 Å². The molecule has 5 rings (SSSR count). The number of halogens is 8. The fraction of sp³-hybridized carbons (Fsp3) is 0.517. The van der Waals surface area contributed by atoms with Crippen LogP contribution in [0.2, 0.25) is 0 Å². The highest BCUT2D eigenvalue weighted by atomic mass is 19.4. The third-order valence-corrected chi connectivity index (χ3v) is 8.20. The van der Waals surface area contributed by atoms with Gasteiger partial charge in [-0.3, -0.25) is 9.59 Å². The molecule has 0 radical (unpaired) electrons. The van der Waals surface area contributed by atoms with Gasteiger partial charge in [0, 0.05) is 18.0 Å². The van der Waals surface area contributed by atoms with E-state index in [4.69, 9.17) is 4.74 Å². The molecule has 250 valence electrons. The second kappa shape index (κ2) is 12.5. The van der Waals surface area contributed by atoms with Crippen molar-refractivity contribution in [3.05, 3.63) is 41.0 Å². The number of ether oxygens (including phenoxy) is 1. The molecule has 0 bridgehead atoms. The zero-order chi connectivity index (χ0) is 33.4. The number of rotatable bonds is 10. The number of alkyl halides is 8. The zero-order valence-corrected chi connectivity index (χ0v) is 24.3. The number of nitrogens with zero attached hydrogens (tertiary/aromatic N) is 2. The second-order valence-corrected chi connectivity index (χ2v) is 11.8. The molecule has 4 N–H and O–H groups in total. The number of imidazole rings is 1. The molecule has 46 heavy (non-hydrogen) atoms. The molecule has 2 fully saturated rings. The van der Waals surface area contributed by atoms with Crippen LogP contribution in [0.5, 0.6) is 5.88 Å². The predicted octanol–water partition coefficient (Wildman–Crippen LogP) is 6.63. The summed E-state index contributed by atoms with van der Waals surface area (Å²) < 4.78 is 112. The summed E-state index contributed by atoms with van der Waals surface area (Å²) >= 11 is 0. The molecular formula is C29H30F8N6O3. The number of hydrogen-bond donors (Lipinski definition) is 4. The summed E-state index contributed by atoms with van der Waals surface area (Å²) in [5.41, 5.74) is -2.02. The highest BCUT2D eigenvalue weighted by Gasteiger charge is 2.45. The number of hydrogen-bond acceptors (Lipinski definition) is 6. The minimum absolute atomic E-state index is 0.0237. The van der Waals surface area contributed by atoms with Gasteiger partial charge in [-0.2, -0.15) is 31.3 Å². The van der Waals surface area contributed by atoms with Gasteiger partial charge in [0.15, 0.2) is 12.3 Å². The SMILES string of the molecule is CC1(C(=O)NCc2ccc(C(F)(F)F)c(Nc3nc4cc(C(=O)N[C@H]5CC[C@H](C(F)(F)F)CC5)c(OCC(F)F)nc4[nH]3)c2)CC1. The van der Waals surface area contributed by atoms with Crippen LogP contribution in [0.1, 0.15) is 66.9 Å². The van der Waals surface area contributed by atoms with E-state index >= 15 is 0 Å². The topological polar surface area (TPSA) is 121 Å². The maximum Gasteiger partial charge on any atom is 0.418 e. The Kier molecular flexibility index (Phi) is 9.05. The lowest BCUT2D eigenvalue weighted by Gasteiger charge is -2.30. The number of pyridine rings is 1. The Hall–Kier alpha value is -4.18. The summed E-state index contributed by atoms with van der Waals surface area (Å²) in [4.78, 5) is 36.3. The van der Waals surface area contributed by atoms with Crippen molar-refractivity contribution >= 4 is 34.6 Å². The van der Waals surface area contributed by atoms with Gasteiger partial charge in [0.05, 0.1) is 17.2 Å². The van der Waals surface area contributed by atoms with Gasteiger partial charge in [-0.1, -0.05) is 13.0 Å². The summed E-state index contributed by atoms with van der Waals surface area (Å²) in [5, 5.41) is 7.85. The van der Waals surface area contributed by atoms with E-state index in [1.807, 2.05) is 0 Å². The molecule has 9 nitrogen and oxygen atoms in total. The standard InChI is InChI=1S/C29H30F8N6O3/c1-27(8-9-27)25(45)38-12-14-2-7-18(29(35,36)37)19(10-14)40-26-41-20-11-17(24(42-22(20)43-26)46-13-21(30)31)23(44)39-16-5-3-15(4-6-16)28(32,33)34/h2,7,10-11,15-16,21H,3-6,8-9,12-13H2,1H3,(H,38,45)(H,39,44)(H2,40,41,42,43)/t15-,16-. The summed E-state index contributed by atoms with van der Waals surface area (Å²) in [6, 6.07) is 3.80. The molecule has 0 unspecified atom stereocenters. The van der Waals surface area contributed by atoms with Gasteiger partial charge in [-0.25, -0.2) is 13.8 Å². The number of aromatic nitrogens is 3. The lowest BCUT2D eigenvalue weighted by atomic mass is 9.85. The van der Waals surface area contributed by atoms with E-state index in [2.05, 4.69) is 30.9 Å². The Morgan fingerprint density at radius 3 is 2.35 bits per heavy atom. The van der Waals surface area contributed by atoms with E-state index in [-0.39, 0.29) is 60.8 Å². The highest BCUT2D eigenvalue weighted by Crippen LogP contribution is 2.45. The first kappa shape index (κ1) is 33.2. The van der Waals surface area contributed by atoms with Gasteiger partial charge in [0.1, 0.15) is 11.1 Å². The predicted molar refractivity (Wildman–Crippen MR) is 149 cm³/mol. The minimum atomic E-state index is -4.77. The highest BCUT2D eigenvalue weighted by molar-refractivity contribution is 5.99. The van der Waals surface area contributed by atoms with E-state index in [0.29, 0.717) is 5.56 Å². The molecule has 2 aliphatic carbocycles. The van der Waals surface area contributed by atoms with Crippen LogP contribution in [0, 0.1) is 11.3 Å². The first-order chi connectivity index (χ1) is 21.5. The average molecular weight is 663 g/mol. The summed E-state index contributed by atoms with van der Waals surface area (Å²) in [5.74, 6) is -3.29. The van der Waals surface area contributed by atoms with E-state index in [0.717, 1.165) is 25.0 Å². The number of H-pyrrole nitrogens is 1. The van der Waals surface area contributed by atoms with Crippen LogP contribution in [0.3, 0.4) is 0 Å². The number of anilines is 2. The number of carbonyl (C=O) groups excluding carboxylic acids is 2. The van der Waals surface area contributed by atoms with Gasteiger partial charge >= 0.3 is 12.4 Å². The maximum absolute atomic E-state index is 13.9. The second-order valence-electron chi connectivity index (χ2n) is 11.8. The van der Waals surface area contributed by atoms with Gasteiger partial charge in [0.25, 0.3) is 12.3 Å². The van der Waals surface area contributed by atoms with E-state index in [9.17, 15) is 44.7 Å². The molecule has 3 aromatic rings. The third-order valence-electron chi connectivity index (χ3n) is 8.20. The lowest BCUT2D eigenvalue weighted by Crippen LogP contribution is -2.40. The Morgan fingerprint density at radius 2 is 1.74 bits per heavy atom. The van der Waals surface area contributed by atoms with Crippen LogP contribution in [0.25, 0.3) is 11.2 Å². The number of benzene rings is 1. The molecule has 1 aromatic carbocycles. The number of fused-ring (bicyclic) bond motifs is 1. The van der Waals surface area contributed by atoms with E-state index in [1.165, 1.54) is 12.1 Å². The number of amides is 2. The summed E-state index contributed by atoms with van der Waals surface area (Å²) in [6.45, 7) is 0.634. The van der Waals surface area contributed by atoms with Crippen molar-refractivity contribution in [3.63, 3.8) is 0 Å². The van der Waals surface area contributed by atoms with Crippen LogP contribution in [0.15, 0.2) is 24.3 Å². The molecule has 0 aliphatic heterocycles. The fourth-order valence-corrected chi connectivity index (χ4v) is 5.22. The largest absolute Gasteiger partial charge is 0.471 e. The van der Waals surface area contributed by atoms with Crippen LogP contribution in [-0.2, 0) is 17.5 Å². The van der Waals surface area contributed by atoms with Crippen LogP contribution in [-0.4, -0.2) is 52.0 Å². The van der Waals surface area contributed by atoms with Gasteiger partial charge < -0.3 is 25.7 Å². The normalized spacial score (nSPS) is 19.6. The van der Waals surface area contributed by atoms with Crippen molar-refractivity contribution in [3.8, 4) is 5.88 Å². The number of carbonyl (C=O) groups is 2. The molecule has 0 saturated heterocycles. The third kappa shape index (κ3) is 7.78. The molecule has 0 atom stereocenters. The first-order valence-electron chi connectivity index (χ1n) is 14.5. The van der Waals surface area contributed by atoms with Crippen LogP contribution >= 0.6 is 0 Å². The number of aromatic amines is 1. The van der Waals surface area contributed by atoms with Crippen LogP contribution in [0.4, 0.5) is 46.8 Å². The quantitative estimate of drug-likeness (QED) is 0.181. The molecule has 2 amide bonds. The van der Waals surface area contributed by atoms with Crippen LogP contribution < -0.4 is 20.7 Å². The molecule has 17 heteroatoms. The molecular weight excluding hydrogens is 632 g/mol. The van der Waals surface area contributed by atoms with Crippen molar-refractivity contribution in [2.45, 2.75) is 76.8 Å². The molecule has 2 aliphatic rings. The van der Waals surface area contributed by atoms with Gasteiger partial charge in [0.2, 0.25) is 17.7 Å². The summed E-state index contributed by atoms with van der Waals surface area (Å²) in [7, 11) is 0. The monoisotopic (exact) mass is 662 g/mol. The van der Waals surface area contributed by atoms with E-state index in [1.54, 1.807) is 6.92 Å². The van der Waals surface area contributed by atoms with Crippen molar-refractivity contribution in [1.82, 2.24) is 25.6 Å². The average Bonchev–Trinajstić information content (AvgIpc) is 3.61. The van der Waals surface area contributed by atoms with Crippen molar-refractivity contribution < 1.29 is 49.4 Å². The summed E-state index contributed by atoms with van der Waals surface area (Å²) in [6.07, 6.45) is -10.9. The Balaban J connectivity index is 1.38. The van der Waals surface area contributed by atoms with Gasteiger partial charge in [-0.05, 0) is 62.3 Å². The van der Waals surface area contributed by atoms with Crippen molar-refractivity contribution in [2.24, 2.45) is 11.3 Å². The number of nitrogens with one attached hydrogen (secondary N) is 4. The Morgan fingerprint density at radius 1 is 1.04 bits per heavy atom. The van der Waals surface area contributed by atoms with E-state index < -0.39 is 65.8 Å². The minimum Gasteiger partial charge on any atom is -0.471 e. The zero-order valence-electron chi connectivity index (χ0n) is 24.3. The van der Waals surface area contributed by atoms with Gasteiger partial charge in [-0.15, -0.1) is 0 Å². The van der Waals surface area contributed by atoms with Crippen molar-refractivity contribution in [1.29, 1.82) is 0 Å². The maximum atomic E-state index is 13.9. The van der Waals surface area contributed by atoms with Crippen molar-refractivity contribution in [2.75, 3.05) is 11.9 Å². The molecule has 2 aromatic heterocycles. The molecule has 0 spiro atoms. The lowest BCUT2D eigenvalue weighted by molar-refractivity contribution is -0.182. The molecule has 2 heterocycles. The molecule has 2 saturated carbocycles. The smallest absolute Gasteiger partial charge is 0.418 e. The fourth-order valence-electron chi connectivity index (χ4n) is 5.22. The first-order valence-corrected chi connectivity index (χ1v) is 14.5.